The van der Waals surface area contributed by atoms with Gasteiger partial charge in [-0.3, -0.25) is 0 Å². The molecule has 0 aliphatic carbocycles. The molecule has 0 aliphatic rings. The zero-order valence-corrected chi connectivity index (χ0v) is 12.7. The summed E-state index contributed by atoms with van der Waals surface area (Å²) >= 11 is 1.85. The van der Waals surface area contributed by atoms with Crippen LogP contribution in [-0.2, 0) is 12.8 Å². The topological polar surface area (TPSA) is 12.0 Å². The Bertz CT molecular complexity index is 476. The van der Waals surface area contributed by atoms with Gasteiger partial charge in [0.2, 0.25) is 0 Å². The Hall–Kier alpha value is -1.12. The van der Waals surface area contributed by atoms with Crippen LogP contribution in [-0.4, -0.2) is 6.54 Å². The first-order valence-electron chi connectivity index (χ1n) is 7.18. The van der Waals surface area contributed by atoms with E-state index in [2.05, 4.69) is 60.9 Å². The van der Waals surface area contributed by atoms with E-state index in [9.17, 15) is 0 Å². The molecule has 19 heavy (non-hydrogen) atoms. The third-order valence-corrected chi connectivity index (χ3v) is 4.29. The summed E-state index contributed by atoms with van der Waals surface area (Å²) in [4.78, 5) is 1.45. The molecule has 1 aromatic heterocycles. The van der Waals surface area contributed by atoms with Crippen LogP contribution >= 0.6 is 11.3 Å². The van der Waals surface area contributed by atoms with Crippen molar-refractivity contribution in [3.8, 4) is 0 Å². The van der Waals surface area contributed by atoms with Crippen LogP contribution in [0.25, 0.3) is 0 Å². The van der Waals surface area contributed by atoms with E-state index >= 15 is 0 Å². The molecule has 0 aliphatic heterocycles. The number of hydrogen-bond acceptors (Lipinski definition) is 2. The third kappa shape index (κ3) is 4.19. The summed E-state index contributed by atoms with van der Waals surface area (Å²) in [7, 11) is 0. The molecule has 1 aromatic carbocycles. The summed E-state index contributed by atoms with van der Waals surface area (Å²) in [6.07, 6.45) is 3.37. The molecule has 0 amide bonds. The van der Waals surface area contributed by atoms with Crippen LogP contribution in [0.2, 0.25) is 0 Å². The lowest BCUT2D eigenvalue weighted by molar-refractivity contribution is 0.532. The van der Waals surface area contributed by atoms with Crippen LogP contribution in [0.1, 0.15) is 42.3 Å². The van der Waals surface area contributed by atoms with E-state index in [1.807, 2.05) is 11.3 Å². The second-order valence-electron chi connectivity index (χ2n) is 4.89. The lowest BCUT2D eigenvalue weighted by Gasteiger charge is -2.19. The van der Waals surface area contributed by atoms with Crippen LogP contribution in [0, 0.1) is 0 Å². The van der Waals surface area contributed by atoms with Crippen molar-refractivity contribution in [3.05, 3.63) is 57.8 Å². The predicted octanol–water partition coefficient (Wildman–Crippen LogP) is 4.59. The summed E-state index contributed by atoms with van der Waals surface area (Å²) in [5.41, 5.74) is 2.84. The number of hydrogen-bond donors (Lipinski definition) is 1. The first kappa shape index (κ1) is 14.3. The summed E-state index contributed by atoms with van der Waals surface area (Å²) in [5, 5.41) is 5.84. The van der Waals surface area contributed by atoms with Gasteiger partial charge in [-0.15, -0.1) is 11.3 Å². The van der Waals surface area contributed by atoms with Crippen molar-refractivity contribution in [2.45, 2.75) is 39.2 Å². The summed E-state index contributed by atoms with van der Waals surface area (Å²) in [6.45, 7) is 5.51. The lowest BCUT2D eigenvalue weighted by Crippen LogP contribution is -2.23. The Kier molecular flexibility index (Phi) is 5.62. The molecular formula is C17H23NS. The highest BCUT2D eigenvalue weighted by Gasteiger charge is 2.12. The highest BCUT2D eigenvalue weighted by molar-refractivity contribution is 7.09. The molecule has 0 saturated heterocycles. The Morgan fingerprint density at radius 1 is 1.16 bits per heavy atom. The van der Waals surface area contributed by atoms with Gasteiger partial charge in [0.25, 0.3) is 0 Å². The summed E-state index contributed by atoms with van der Waals surface area (Å²) in [6, 6.07) is 13.8. The number of nitrogens with one attached hydrogen (secondary N) is 1. The van der Waals surface area contributed by atoms with E-state index in [1.165, 1.54) is 22.4 Å². The fraction of sp³-hybridized carbons (Fsp3) is 0.412. The van der Waals surface area contributed by atoms with Crippen molar-refractivity contribution in [1.82, 2.24) is 5.32 Å². The van der Waals surface area contributed by atoms with Crippen molar-refractivity contribution in [3.63, 3.8) is 0 Å². The number of thiophene rings is 1. The summed E-state index contributed by atoms with van der Waals surface area (Å²) < 4.78 is 0. The minimum absolute atomic E-state index is 0.435. The van der Waals surface area contributed by atoms with Crippen molar-refractivity contribution < 1.29 is 0 Å². The van der Waals surface area contributed by atoms with Gasteiger partial charge in [0.1, 0.15) is 0 Å². The van der Waals surface area contributed by atoms with Crippen LogP contribution < -0.4 is 5.32 Å². The maximum atomic E-state index is 3.68. The Morgan fingerprint density at radius 2 is 2.05 bits per heavy atom. The second-order valence-corrected chi connectivity index (χ2v) is 5.92. The lowest BCUT2D eigenvalue weighted by atomic mass is 9.99. The van der Waals surface area contributed by atoms with Gasteiger partial charge in [0, 0.05) is 17.3 Å². The number of aryl methyl sites for hydroxylation is 1. The van der Waals surface area contributed by atoms with Crippen LogP contribution in [0.5, 0.6) is 0 Å². The van der Waals surface area contributed by atoms with Gasteiger partial charge in [-0.25, -0.2) is 0 Å². The molecule has 1 nitrogen and oxygen atoms in total. The minimum atomic E-state index is 0.435. The van der Waals surface area contributed by atoms with Gasteiger partial charge in [-0.05, 0) is 42.0 Å². The van der Waals surface area contributed by atoms with Gasteiger partial charge in [0.05, 0.1) is 0 Å². The normalized spacial score (nSPS) is 12.5. The first-order valence-corrected chi connectivity index (χ1v) is 8.06. The molecule has 1 unspecified atom stereocenters. The van der Waals surface area contributed by atoms with Crippen molar-refractivity contribution in [1.29, 1.82) is 0 Å². The number of benzene rings is 1. The predicted molar refractivity (Wildman–Crippen MR) is 84.9 cm³/mol. The monoisotopic (exact) mass is 273 g/mol. The molecule has 0 radical (unpaired) electrons. The van der Waals surface area contributed by atoms with Crippen molar-refractivity contribution in [2.75, 3.05) is 6.54 Å². The van der Waals surface area contributed by atoms with E-state index in [1.54, 1.807) is 0 Å². The Balaban J connectivity index is 2.15. The molecule has 102 valence electrons. The zero-order valence-electron chi connectivity index (χ0n) is 11.9. The van der Waals surface area contributed by atoms with E-state index in [0.717, 1.165) is 19.4 Å². The Labute approximate surface area is 120 Å². The van der Waals surface area contributed by atoms with Gasteiger partial charge >= 0.3 is 0 Å². The fourth-order valence-electron chi connectivity index (χ4n) is 2.29. The molecule has 1 N–H and O–H groups in total. The largest absolute Gasteiger partial charge is 0.310 e. The molecule has 2 rings (SSSR count). The molecule has 0 saturated carbocycles. The van der Waals surface area contributed by atoms with Gasteiger partial charge < -0.3 is 5.32 Å². The van der Waals surface area contributed by atoms with E-state index in [4.69, 9.17) is 0 Å². The second kappa shape index (κ2) is 7.46. The Morgan fingerprint density at radius 3 is 2.74 bits per heavy atom. The highest BCUT2D eigenvalue weighted by atomic mass is 32.1. The highest BCUT2D eigenvalue weighted by Crippen LogP contribution is 2.22. The fourth-order valence-corrected chi connectivity index (χ4v) is 3.04. The first-order chi connectivity index (χ1) is 9.33. The van der Waals surface area contributed by atoms with Gasteiger partial charge in [-0.1, -0.05) is 44.2 Å². The average Bonchev–Trinajstić information content (AvgIpc) is 2.96. The maximum Gasteiger partial charge on any atom is 0.0368 e. The molecule has 0 fully saturated rings. The molecule has 2 aromatic rings. The van der Waals surface area contributed by atoms with Gasteiger partial charge in [-0.2, -0.15) is 0 Å². The zero-order chi connectivity index (χ0) is 13.5. The smallest absolute Gasteiger partial charge is 0.0368 e. The van der Waals surface area contributed by atoms with Crippen LogP contribution in [0.3, 0.4) is 0 Å². The molecule has 1 heterocycles. The van der Waals surface area contributed by atoms with Crippen molar-refractivity contribution >= 4 is 11.3 Å². The van der Waals surface area contributed by atoms with Gasteiger partial charge in [0.15, 0.2) is 0 Å². The number of rotatable bonds is 7. The SMILES string of the molecule is CCCNC(Cc1cccs1)c1cccc(CC)c1. The molecule has 0 bridgehead atoms. The minimum Gasteiger partial charge on any atom is -0.310 e. The van der Waals surface area contributed by atoms with E-state index in [0.29, 0.717) is 6.04 Å². The molecule has 1 atom stereocenters. The molecular weight excluding hydrogens is 250 g/mol. The standard InChI is InChI=1S/C17H23NS/c1-3-10-18-17(13-16-9-6-11-19-16)15-8-5-7-14(4-2)12-15/h5-9,11-12,17-18H,3-4,10,13H2,1-2H3. The molecule has 2 heteroatoms. The van der Waals surface area contributed by atoms with E-state index < -0.39 is 0 Å². The van der Waals surface area contributed by atoms with Crippen molar-refractivity contribution in [2.24, 2.45) is 0 Å². The molecule has 0 spiro atoms. The van der Waals surface area contributed by atoms with E-state index in [-0.39, 0.29) is 0 Å². The van der Waals surface area contributed by atoms with Crippen LogP contribution in [0.4, 0.5) is 0 Å². The summed E-state index contributed by atoms with van der Waals surface area (Å²) in [5.74, 6) is 0. The van der Waals surface area contributed by atoms with Crippen LogP contribution in [0.15, 0.2) is 41.8 Å². The maximum absolute atomic E-state index is 3.68. The quantitative estimate of drug-likeness (QED) is 0.777. The third-order valence-electron chi connectivity index (χ3n) is 3.39. The average molecular weight is 273 g/mol.